The van der Waals surface area contributed by atoms with Crippen molar-refractivity contribution in [1.82, 2.24) is 14.5 Å². The monoisotopic (exact) mass is 577 g/mol. The molecule has 6 aromatic carbocycles. The molecule has 0 aliphatic rings. The molecule has 0 spiro atoms. The predicted octanol–water partition coefficient (Wildman–Crippen LogP) is 10.7. The van der Waals surface area contributed by atoms with Gasteiger partial charge in [0.15, 0.2) is 5.58 Å². The topological polar surface area (TPSA) is 57.0 Å². The SMILES string of the molecule is c1ccc(-c2nc(-n3c4ccccc4c4ccccc43)nc3c2oc2ccc(-c4ccc5oc6ccccc6c5c4)cc23)cc1. The Kier molecular flexibility index (Phi) is 4.93. The van der Waals surface area contributed by atoms with Gasteiger partial charge in [0.05, 0.1) is 11.0 Å². The van der Waals surface area contributed by atoms with E-state index < -0.39 is 0 Å². The molecule has 0 bridgehead atoms. The first-order valence-electron chi connectivity index (χ1n) is 15.0. The average molecular weight is 578 g/mol. The fourth-order valence-corrected chi connectivity index (χ4v) is 6.75. The molecule has 210 valence electrons. The van der Waals surface area contributed by atoms with E-state index in [0.29, 0.717) is 11.5 Å². The van der Waals surface area contributed by atoms with Gasteiger partial charge in [0.2, 0.25) is 5.95 Å². The lowest BCUT2D eigenvalue weighted by Crippen LogP contribution is -2.02. The Bertz CT molecular complexity index is 2710. The molecule has 5 nitrogen and oxygen atoms in total. The van der Waals surface area contributed by atoms with E-state index in [1.54, 1.807) is 0 Å². The van der Waals surface area contributed by atoms with Crippen LogP contribution in [0.2, 0.25) is 0 Å². The van der Waals surface area contributed by atoms with Crippen LogP contribution in [0.4, 0.5) is 0 Å². The number of para-hydroxylation sites is 3. The van der Waals surface area contributed by atoms with Crippen LogP contribution in [-0.4, -0.2) is 14.5 Å². The van der Waals surface area contributed by atoms with Gasteiger partial charge >= 0.3 is 0 Å². The molecule has 0 N–H and O–H groups in total. The van der Waals surface area contributed by atoms with E-state index >= 15 is 0 Å². The van der Waals surface area contributed by atoms with Crippen LogP contribution in [0.3, 0.4) is 0 Å². The van der Waals surface area contributed by atoms with Crippen molar-refractivity contribution in [3.63, 3.8) is 0 Å². The molecule has 0 unspecified atom stereocenters. The molecule has 45 heavy (non-hydrogen) atoms. The molecule has 4 heterocycles. The van der Waals surface area contributed by atoms with E-state index in [9.17, 15) is 0 Å². The van der Waals surface area contributed by atoms with E-state index in [0.717, 1.165) is 71.8 Å². The molecule has 0 saturated carbocycles. The van der Waals surface area contributed by atoms with Crippen molar-refractivity contribution in [2.24, 2.45) is 0 Å². The van der Waals surface area contributed by atoms with Gasteiger partial charge in [-0.05, 0) is 53.6 Å². The molecular formula is C40H23N3O2. The number of rotatable bonds is 3. The summed E-state index contributed by atoms with van der Waals surface area (Å²) in [6.45, 7) is 0. The van der Waals surface area contributed by atoms with Crippen molar-refractivity contribution < 1.29 is 8.83 Å². The van der Waals surface area contributed by atoms with E-state index in [1.807, 2.05) is 42.5 Å². The van der Waals surface area contributed by atoms with E-state index in [4.69, 9.17) is 18.8 Å². The largest absolute Gasteiger partial charge is 0.456 e. The van der Waals surface area contributed by atoms with Crippen molar-refractivity contribution in [1.29, 1.82) is 0 Å². The Morgan fingerprint density at radius 1 is 0.422 bits per heavy atom. The Morgan fingerprint density at radius 2 is 1.00 bits per heavy atom. The smallest absolute Gasteiger partial charge is 0.236 e. The van der Waals surface area contributed by atoms with Crippen LogP contribution in [0.15, 0.2) is 148 Å². The van der Waals surface area contributed by atoms with Crippen LogP contribution in [0.25, 0.3) is 94.1 Å². The van der Waals surface area contributed by atoms with Crippen molar-refractivity contribution >= 4 is 65.8 Å². The molecule has 0 radical (unpaired) electrons. The summed E-state index contributed by atoms with van der Waals surface area (Å²) < 4.78 is 14.8. The summed E-state index contributed by atoms with van der Waals surface area (Å²) in [6, 6.07) is 47.9. The molecule has 0 atom stereocenters. The highest BCUT2D eigenvalue weighted by molar-refractivity contribution is 6.11. The lowest BCUT2D eigenvalue weighted by molar-refractivity contribution is 0.666. The van der Waals surface area contributed by atoms with Crippen LogP contribution in [0.1, 0.15) is 0 Å². The Hall–Kier alpha value is -6.20. The van der Waals surface area contributed by atoms with Gasteiger partial charge in [0.25, 0.3) is 0 Å². The minimum Gasteiger partial charge on any atom is -0.456 e. The predicted molar refractivity (Wildman–Crippen MR) is 182 cm³/mol. The molecule has 5 heteroatoms. The summed E-state index contributed by atoms with van der Waals surface area (Å²) >= 11 is 0. The van der Waals surface area contributed by atoms with Gasteiger partial charge < -0.3 is 8.83 Å². The highest BCUT2D eigenvalue weighted by Crippen LogP contribution is 2.39. The van der Waals surface area contributed by atoms with E-state index in [1.165, 1.54) is 10.8 Å². The van der Waals surface area contributed by atoms with Crippen LogP contribution < -0.4 is 0 Å². The lowest BCUT2D eigenvalue weighted by Gasteiger charge is -2.09. The summed E-state index contributed by atoms with van der Waals surface area (Å²) in [4.78, 5) is 10.4. The van der Waals surface area contributed by atoms with E-state index in [2.05, 4.69) is 102 Å². The zero-order valence-electron chi connectivity index (χ0n) is 23.9. The van der Waals surface area contributed by atoms with Gasteiger partial charge in [-0.3, -0.25) is 4.57 Å². The average Bonchev–Trinajstić information content (AvgIpc) is 3.77. The number of hydrogen-bond acceptors (Lipinski definition) is 4. The molecule has 0 aliphatic carbocycles. The second-order valence-corrected chi connectivity index (χ2v) is 11.4. The molecule has 10 aromatic rings. The summed E-state index contributed by atoms with van der Waals surface area (Å²) in [7, 11) is 0. The lowest BCUT2D eigenvalue weighted by atomic mass is 10.0. The van der Waals surface area contributed by atoms with Crippen molar-refractivity contribution in [3.05, 3.63) is 140 Å². The van der Waals surface area contributed by atoms with Gasteiger partial charge in [-0.1, -0.05) is 97.1 Å². The van der Waals surface area contributed by atoms with Crippen LogP contribution in [0, 0.1) is 0 Å². The van der Waals surface area contributed by atoms with Crippen molar-refractivity contribution in [3.8, 4) is 28.3 Å². The number of fused-ring (bicyclic) bond motifs is 9. The van der Waals surface area contributed by atoms with Gasteiger partial charge in [-0.2, -0.15) is 0 Å². The number of hydrogen-bond donors (Lipinski definition) is 0. The fraction of sp³-hybridized carbons (Fsp3) is 0. The third-order valence-electron chi connectivity index (χ3n) is 8.84. The standard InChI is InChI=1S/C40H23N3O2/c1-2-10-24(11-3-1)37-39-38(42-40(41-37)43-32-15-7-4-12-27(32)28-13-5-8-16-33(28)43)31-23-26(19-21-36(31)45-39)25-18-20-35-30(22-25)29-14-6-9-17-34(29)44-35/h1-23H. The number of furan rings is 2. The highest BCUT2D eigenvalue weighted by Gasteiger charge is 2.21. The molecule has 10 rings (SSSR count). The van der Waals surface area contributed by atoms with Crippen molar-refractivity contribution in [2.75, 3.05) is 0 Å². The van der Waals surface area contributed by atoms with Crippen LogP contribution in [-0.2, 0) is 0 Å². The maximum absolute atomic E-state index is 6.54. The van der Waals surface area contributed by atoms with Gasteiger partial charge in [0, 0.05) is 32.5 Å². The van der Waals surface area contributed by atoms with Gasteiger partial charge in [-0.15, -0.1) is 0 Å². The summed E-state index contributed by atoms with van der Waals surface area (Å²) in [5.74, 6) is 0.609. The summed E-state index contributed by atoms with van der Waals surface area (Å²) in [6.07, 6.45) is 0. The van der Waals surface area contributed by atoms with Crippen LogP contribution >= 0.6 is 0 Å². The quantitative estimate of drug-likeness (QED) is 0.210. The normalized spacial score (nSPS) is 12.0. The molecule has 0 fully saturated rings. The Morgan fingerprint density at radius 3 is 1.73 bits per heavy atom. The second-order valence-electron chi connectivity index (χ2n) is 11.4. The number of aromatic nitrogens is 3. The third-order valence-corrected chi connectivity index (χ3v) is 8.84. The highest BCUT2D eigenvalue weighted by atomic mass is 16.3. The first kappa shape index (κ1) is 24.3. The molecule has 4 aromatic heterocycles. The molecule has 0 saturated heterocycles. The molecule has 0 aliphatic heterocycles. The first-order chi connectivity index (χ1) is 22.3. The number of benzene rings is 6. The minimum atomic E-state index is 0.609. The van der Waals surface area contributed by atoms with Crippen LogP contribution in [0.5, 0.6) is 0 Å². The summed E-state index contributed by atoms with van der Waals surface area (Å²) in [5.41, 5.74) is 10.0. The fourth-order valence-electron chi connectivity index (χ4n) is 6.75. The number of nitrogens with zero attached hydrogens (tertiary/aromatic N) is 3. The Balaban J connectivity index is 1.26. The minimum absolute atomic E-state index is 0.609. The first-order valence-corrected chi connectivity index (χ1v) is 15.0. The zero-order chi connectivity index (χ0) is 29.5. The van der Waals surface area contributed by atoms with Gasteiger partial charge in [0.1, 0.15) is 28.0 Å². The third kappa shape index (κ3) is 3.55. The molecule has 0 amide bonds. The molecular weight excluding hydrogens is 554 g/mol. The van der Waals surface area contributed by atoms with Gasteiger partial charge in [-0.25, -0.2) is 9.97 Å². The Labute approximate surface area is 256 Å². The summed E-state index contributed by atoms with van der Waals surface area (Å²) in [5, 5.41) is 5.49. The second kappa shape index (κ2) is 9.15. The van der Waals surface area contributed by atoms with Crippen molar-refractivity contribution in [2.45, 2.75) is 0 Å². The maximum atomic E-state index is 6.54. The van der Waals surface area contributed by atoms with E-state index in [-0.39, 0.29) is 0 Å². The zero-order valence-corrected chi connectivity index (χ0v) is 23.9. The maximum Gasteiger partial charge on any atom is 0.236 e.